The summed E-state index contributed by atoms with van der Waals surface area (Å²) in [5.41, 5.74) is 10.3. The molecule has 0 aliphatic heterocycles. The largest absolute Gasteiger partial charge is 0.382 e. The highest BCUT2D eigenvalue weighted by Gasteiger charge is 2.26. The fraction of sp³-hybridized carbons (Fsp3) is 0.615. The molecule has 0 saturated carbocycles. The molecule has 5 N–H and O–H groups in total. The van der Waals surface area contributed by atoms with Crippen LogP contribution in [0.15, 0.2) is 0 Å². The van der Waals surface area contributed by atoms with Gasteiger partial charge in [-0.25, -0.2) is 4.98 Å². The monoisotopic (exact) mass is 313 g/mol. The van der Waals surface area contributed by atoms with Gasteiger partial charge in [-0.3, -0.25) is 9.59 Å². The van der Waals surface area contributed by atoms with E-state index in [0.717, 1.165) is 13.0 Å². The summed E-state index contributed by atoms with van der Waals surface area (Å²) in [5.74, 6) is -0.612. The molecule has 0 spiro atoms. The average molecular weight is 313 g/mol. The summed E-state index contributed by atoms with van der Waals surface area (Å²) in [4.78, 5) is 29.8. The highest BCUT2D eigenvalue weighted by atomic mass is 32.1. The Morgan fingerprint density at radius 2 is 2.05 bits per heavy atom. The number of carbonyl (C=O) groups is 2. The van der Waals surface area contributed by atoms with Crippen LogP contribution in [0.1, 0.15) is 43.3 Å². The molecule has 0 atom stereocenters. The van der Waals surface area contributed by atoms with Gasteiger partial charge in [0.1, 0.15) is 10.7 Å². The number of amides is 2. The van der Waals surface area contributed by atoms with Crippen LogP contribution in [0.2, 0.25) is 0 Å². The molecular weight excluding hydrogens is 290 g/mol. The zero-order valence-electron chi connectivity index (χ0n) is 12.9. The normalized spacial score (nSPS) is 11.2. The van der Waals surface area contributed by atoms with Crippen LogP contribution in [0.3, 0.4) is 0 Å². The highest BCUT2D eigenvalue weighted by molar-refractivity contribution is 7.18. The van der Waals surface area contributed by atoms with E-state index in [2.05, 4.69) is 17.2 Å². The maximum atomic E-state index is 12.3. The van der Waals surface area contributed by atoms with Gasteiger partial charge in [-0.05, 0) is 20.3 Å². The lowest BCUT2D eigenvalue weighted by Gasteiger charge is -2.24. The number of aromatic nitrogens is 1. The Balaban J connectivity index is 2.86. The minimum atomic E-state index is -0.727. The van der Waals surface area contributed by atoms with Crippen molar-refractivity contribution in [3.63, 3.8) is 0 Å². The van der Waals surface area contributed by atoms with Crippen LogP contribution in [-0.4, -0.2) is 35.9 Å². The van der Waals surface area contributed by atoms with Gasteiger partial charge < -0.3 is 21.7 Å². The Kier molecular flexibility index (Phi) is 5.54. The Morgan fingerprint density at radius 3 is 2.57 bits per heavy atom. The van der Waals surface area contributed by atoms with Crippen LogP contribution in [0.5, 0.6) is 0 Å². The number of carbonyl (C=O) groups excluding carboxylic acids is 2. The topological polar surface area (TPSA) is 114 Å². The summed E-state index contributed by atoms with van der Waals surface area (Å²) in [6.45, 7) is 6.36. The number of nitrogen functional groups attached to an aromatic ring is 1. The quantitative estimate of drug-likeness (QED) is 0.693. The second-order valence-electron chi connectivity index (χ2n) is 5.61. The van der Waals surface area contributed by atoms with E-state index in [1.165, 1.54) is 11.3 Å². The van der Waals surface area contributed by atoms with Gasteiger partial charge in [0.2, 0.25) is 5.91 Å². The van der Waals surface area contributed by atoms with Crippen LogP contribution in [0.25, 0.3) is 0 Å². The standard InChI is InChI=1S/C13H23N5O2S/c1-5-6-18(4)12-16-10(15)9(21-12)11(20)17-13(2,3)7-8(14)19/h5-7,15H2,1-4H3,(H2,14,19)(H,17,20). The van der Waals surface area contributed by atoms with Gasteiger partial charge in [0.15, 0.2) is 5.13 Å². The first kappa shape index (κ1) is 17.2. The van der Waals surface area contributed by atoms with E-state index in [1.807, 2.05) is 11.9 Å². The molecule has 0 bridgehead atoms. The summed E-state index contributed by atoms with van der Waals surface area (Å²) >= 11 is 1.24. The zero-order valence-corrected chi connectivity index (χ0v) is 13.7. The van der Waals surface area contributed by atoms with E-state index in [1.54, 1.807) is 13.8 Å². The van der Waals surface area contributed by atoms with Crippen molar-refractivity contribution in [1.29, 1.82) is 0 Å². The van der Waals surface area contributed by atoms with Gasteiger partial charge >= 0.3 is 0 Å². The second-order valence-corrected chi connectivity index (χ2v) is 6.59. The van der Waals surface area contributed by atoms with E-state index >= 15 is 0 Å². The fourth-order valence-corrected chi connectivity index (χ4v) is 2.79. The third-order valence-corrected chi connectivity index (χ3v) is 3.99. The zero-order chi connectivity index (χ0) is 16.2. The second kappa shape index (κ2) is 6.75. The summed E-state index contributed by atoms with van der Waals surface area (Å²) < 4.78 is 0. The number of hydrogen-bond acceptors (Lipinski definition) is 6. The Labute approximate surface area is 128 Å². The molecule has 118 valence electrons. The van der Waals surface area contributed by atoms with Crippen LogP contribution in [0.4, 0.5) is 10.9 Å². The molecule has 0 fully saturated rings. The van der Waals surface area contributed by atoms with E-state index < -0.39 is 11.4 Å². The lowest BCUT2D eigenvalue weighted by molar-refractivity contribution is -0.119. The molecule has 0 unspecified atom stereocenters. The lowest BCUT2D eigenvalue weighted by Crippen LogP contribution is -2.45. The smallest absolute Gasteiger partial charge is 0.265 e. The molecule has 2 amide bonds. The summed E-state index contributed by atoms with van der Waals surface area (Å²) in [6.07, 6.45) is 1.03. The third-order valence-electron chi connectivity index (χ3n) is 2.80. The maximum Gasteiger partial charge on any atom is 0.265 e. The molecule has 7 nitrogen and oxygen atoms in total. The number of nitrogens with one attached hydrogen (secondary N) is 1. The maximum absolute atomic E-state index is 12.3. The van der Waals surface area contributed by atoms with E-state index in [-0.39, 0.29) is 18.1 Å². The molecular formula is C13H23N5O2S. The first-order valence-electron chi connectivity index (χ1n) is 6.74. The molecule has 0 radical (unpaired) electrons. The van der Waals surface area contributed by atoms with Crippen molar-refractivity contribution in [1.82, 2.24) is 10.3 Å². The van der Waals surface area contributed by atoms with Crippen molar-refractivity contribution in [2.24, 2.45) is 5.73 Å². The predicted molar refractivity (Wildman–Crippen MR) is 85.4 cm³/mol. The molecule has 1 aromatic heterocycles. The minimum Gasteiger partial charge on any atom is -0.382 e. The van der Waals surface area contributed by atoms with Crippen molar-refractivity contribution in [2.45, 2.75) is 39.2 Å². The number of rotatable bonds is 7. The molecule has 8 heteroatoms. The fourth-order valence-electron chi connectivity index (χ4n) is 1.92. The van der Waals surface area contributed by atoms with E-state index in [0.29, 0.717) is 10.0 Å². The van der Waals surface area contributed by atoms with E-state index in [4.69, 9.17) is 11.5 Å². The average Bonchev–Trinajstić information content (AvgIpc) is 2.69. The van der Waals surface area contributed by atoms with Crippen molar-refractivity contribution >= 4 is 34.1 Å². The molecule has 1 rings (SSSR count). The van der Waals surface area contributed by atoms with Crippen molar-refractivity contribution in [3.05, 3.63) is 4.88 Å². The highest BCUT2D eigenvalue weighted by Crippen LogP contribution is 2.28. The number of anilines is 2. The third kappa shape index (κ3) is 4.89. The SMILES string of the molecule is CCCN(C)c1nc(N)c(C(=O)NC(C)(C)CC(N)=O)s1. The van der Waals surface area contributed by atoms with Crippen LogP contribution in [-0.2, 0) is 4.79 Å². The molecule has 21 heavy (non-hydrogen) atoms. The number of primary amides is 1. The number of nitrogens with zero attached hydrogens (tertiary/aromatic N) is 2. The van der Waals surface area contributed by atoms with Gasteiger partial charge in [-0.15, -0.1) is 0 Å². The first-order valence-corrected chi connectivity index (χ1v) is 7.56. The first-order chi connectivity index (χ1) is 9.66. The molecule has 0 aliphatic rings. The van der Waals surface area contributed by atoms with Crippen molar-refractivity contribution in [3.8, 4) is 0 Å². The molecule has 0 saturated heterocycles. The Hall–Kier alpha value is -1.83. The molecule has 1 aromatic rings. The predicted octanol–water partition coefficient (Wildman–Crippen LogP) is 0.955. The van der Waals surface area contributed by atoms with Gasteiger partial charge in [-0.2, -0.15) is 0 Å². The van der Waals surface area contributed by atoms with Gasteiger partial charge in [0, 0.05) is 25.6 Å². The summed E-state index contributed by atoms with van der Waals surface area (Å²) in [7, 11) is 1.90. The lowest BCUT2D eigenvalue weighted by atomic mass is 10.0. The van der Waals surface area contributed by atoms with Crippen LogP contribution in [0, 0.1) is 0 Å². The summed E-state index contributed by atoms with van der Waals surface area (Å²) in [5, 5.41) is 3.46. The number of thiazole rings is 1. The Morgan fingerprint density at radius 1 is 1.43 bits per heavy atom. The van der Waals surface area contributed by atoms with Gasteiger partial charge in [0.05, 0.1) is 0 Å². The molecule has 1 heterocycles. The van der Waals surface area contributed by atoms with Gasteiger partial charge in [-0.1, -0.05) is 18.3 Å². The Bertz CT molecular complexity index is 527. The summed E-state index contributed by atoms with van der Waals surface area (Å²) in [6, 6.07) is 0. The minimum absolute atomic E-state index is 0.0556. The van der Waals surface area contributed by atoms with Crippen molar-refractivity contribution in [2.75, 3.05) is 24.2 Å². The number of nitrogens with two attached hydrogens (primary N) is 2. The van der Waals surface area contributed by atoms with E-state index in [9.17, 15) is 9.59 Å². The van der Waals surface area contributed by atoms with Crippen LogP contribution < -0.4 is 21.7 Å². The number of hydrogen-bond donors (Lipinski definition) is 3. The van der Waals surface area contributed by atoms with Gasteiger partial charge in [0.25, 0.3) is 5.91 Å². The molecule has 0 aliphatic carbocycles. The molecule has 0 aromatic carbocycles. The van der Waals surface area contributed by atoms with Crippen LogP contribution >= 0.6 is 11.3 Å². The van der Waals surface area contributed by atoms with Crippen molar-refractivity contribution < 1.29 is 9.59 Å².